The molecule has 0 N–H and O–H groups in total. The van der Waals surface area contributed by atoms with Gasteiger partial charge in [0, 0.05) is 72.7 Å². The number of aromatic nitrogens is 4. The minimum Gasteiger partial charge on any atom is -0.309 e. The van der Waals surface area contributed by atoms with Crippen LogP contribution in [0.5, 0.6) is 0 Å². The number of benzene rings is 6. The SMILES string of the molecule is CC1(C)c2ccccc2-c2cc3c4cc(-c5ccc(-c6ccnc(N(c7cccc(-c8ccccn8)c7)c7cccc(-c8ccccn8)c7)c6)s5)ccc4n(-c4ccccc4)c3cc21. The second-order valence-electron chi connectivity index (χ2n) is 16.9. The number of para-hydroxylation sites is 1. The number of hydrogen-bond donors (Lipinski definition) is 0. The Morgan fingerprint density at radius 3 is 1.77 bits per heavy atom. The van der Waals surface area contributed by atoms with Crippen LogP contribution in [0, 0.1) is 0 Å². The molecule has 0 radical (unpaired) electrons. The Hall–Kier alpha value is -7.93. The summed E-state index contributed by atoms with van der Waals surface area (Å²) in [6.45, 7) is 4.72. The number of pyridine rings is 3. The van der Waals surface area contributed by atoms with Crippen molar-refractivity contribution in [3.63, 3.8) is 0 Å². The van der Waals surface area contributed by atoms with Crippen LogP contribution in [-0.2, 0) is 5.41 Å². The topological polar surface area (TPSA) is 46.8 Å². The van der Waals surface area contributed by atoms with E-state index in [0.717, 1.165) is 51.0 Å². The maximum atomic E-state index is 5.02. The van der Waals surface area contributed by atoms with E-state index < -0.39 is 0 Å². The molecule has 1 aliphatic rings. The first-order chi connectivity index (χ1) is 31.5. The van der Waals surface area contributed by atoms with Crippen molar-refractivity contribution < 1.29 is 0 Å². The summed E-state index contributed by atoms with van der Waals surface area (Å²) in [5, 5.41) is 2.51. The van der Waals surface area contributed by atoms with Crippen LogP contribution in [0.1, 0.15) is 25.0 Å². The van der Waals surface area contributed by atoms with Gasteiger partial charge < -0.3 is 4.57 Å². The third-order valence-electron chi connectivity index (χ3n) is 12.8. The molecule has 5 aromatic heterocycles. The Morgan fingerprint density at radius 1 is 0.438 bits per heavy atom. The van der Waals surface area contributed by atoms with Gasteiger partial charge in [-0.15, -0.1) is 11.3 Å². The monoisotopic (exact) mass is 839 g/mol. The largest absolute Gasteiger partial charge is 0.309 e. The van der Waals surface area contributed by atoms with E-state index in [9.17, 15) is 0 Å². The molecular weight excluding hydrogens is 799 g/mol. The standard InChI is InChI=1S/C58H41N5S/c1-58(2)49-21-7-6-20-45(49)46-36-48-47-34-40(24-25-53(47)63(54(48)37-50(46)58)42-16-4-3-5-17-42)55-26-27-56(64-55)41-28-31-61-57(35-41)62(43-18-12-14-38(32-43)51-22-8-10-29-59-51)44-19-13-15-39(33-44)52-23-9-11-30-60-52/h3-37H,1-2H3. The molecule has 0 saturated heterocycles. The maximum absolute atomic E-state index is 5.02. The number of fused-ring (bicyclic) bond motifs is 6. The van der Waals surface area contributed by atoms with Crippen molar-refractivity contribution in [3.8, 4) is 60.2 Å². The van der Waals surface area contributed by atoms with E-state index in [1.807, 2.05) is 66.3 Å². The van der Waals surface area contributed by atoms with E-state index >= 15 is 0 Å². The molecule has 0 fully saturated rings. The van der Waals surface area contributed by atoms with Crippen molar-refractivity contribution >= 4 is 50.3 Å². The molecule has 5 nitrogen and oxygen atoms in total. The van der Waals surface area contributed by atoms with Crippen LogP contribution in [0.2, 0.25) is 0 Å². The molecule has 0 bridgehead atoms. The highest BCUT2D eigenvalue weighted by molar-refractivity contribution is 7.18. The summed E-state index contributed by atoms with van der Waals surface area (Å²) in [7, 11) is 0. The van der Waals surface area contributed by atoms with Crippen molar-refractivity contribution in [1.29, 1.82) is 0 Å². The summed E-state index contributed by atoms with van der Waals surface area (Å²) >= 11 is 1.81. The van der Waals surface area contributed by atoms with E-state index in [1.165, 1.54) is 59.4 Å². The van der Waals surface area contributed by atoms with Crippen molar-refractivity contribution in [2.75, 3.05) is 4.90 Å². The fourth-order valence-electron chi connectivity index (χ4n) is 9.65. The van der Waals surface area contributed by atoms with Gasteiger partial charge in [-0.05, 0) is 143 Å². The zero-order valence-corrected chi connectivity index (χ0v) is 36.2. The van der Waals surface area contributed by atoms with Gasteiger partial charge in [-0.3, -0.25) is 14.9 Å². The number of nitrogens with zero attached hydrogens (tertiary/aromatic N) is 5. The summed E-state index contributed by atoms with van der Waals surface area (Å²) in [6.07, 6.45) is 5.59. The molecule has 0 unspecified atom stereocenters. The number of hydrogen-bond acceptors (Lipinski definition) is 5. The molecule has 11 aromatic rings. The Morgan fingerprint density at radius 2 is 1.08 bits per heavy atom. The molecule has 64 heavy (non-hydrogen) atoms. The van der Waals surface area contributed by atoms with Crippen molar-refractivity contribution in [2.45, 2.75) is 19.3 Å². The van der Waals surface area contributed by atoms with E-state index in [4.69, 9.17) is 4.98 Å². The molecule has 304 valence electrons. The van der Waals surface area contributed by atoms with Crippen molar-refractivity contribution in [3.05, 3.63) is 224 Å². The fourth-order valence-corrected chi connectivity index (χ4v) is 10.7. The van der Waals surface area contributed by atoms with Gasteiger partial charge in [0.05, 0.1) is 22.4 Å². The van der Waals surface area contributed by atoms with E-state index in [0.29, 0.717) is 0 Å². The van der Waals surface area contributed by atoms with E-state index in [-0.39, 0.29) is 5.41 Å². The van der Waals surface area contributed by atoms with Crippen LogP contribution >= 0.6 is 11.3 Å². The third-order valence-corrected chi connectivity index (χ3v) is 13.9. The van der Waals surface area contributed by atoms with Crippen LogP contribution in [0.15, 0.2) is 213 Å². The van der Waals surface area contributed by atoms with Crippen LogP contribution in [-0.4, -0.2) is 19.5 Å². The minimum atomic E-state index is -0.0895. The summed E-state index contributed by atoms with van der Waals surface area (Å²) in [6, 6.07) is 69.5. The van der Waals surface area contributed by atoms with Crippen LogP contribution < -0.4 is 4.90 Å². The molecule has 0 spiro atoms. The fraction of sp³-hybridized carbons (Fsp3) is 0.0517. The normalized spacial score (nSPS) is 12.7. The van der Waals surface area contributed by atoms with Crippen molar-refractivity contribution in [1.82, 2.24) is 19.5 Å². The summed E-state index contributed by atoms with van der Waals surface area (Å²) in [4.78, 5) is 19.0. The summed E-state index contributed by atoms with van der Waals surface area (Å²) < 4.78 is 2.44. The summed E-state index contributed by atoms with van der Waals surface area (Å²) in [5.74, 6) is 0.816. The highest BCUT2D eigenvalue weighted by atomic mass is 32.1. The quantitative estimate of drug-likeness (QED) is 0.153. The van der Waals surface area contributed by atoms with Gasteiger partial charge in [-0.25, -0.2) is 4.98 Å². The lowest BCUT2D eigenvalue weighted by molar-refractivity contribution is 0.661. The number of rotatable bonds is 8. The minimum absolute atomic E-state index is 0.0895. The van der Waals surface area contributed by atoms with Gasteiger partial charge in [0.15, 0.2) is 0 Å². The maximum Gasteiger partial charge on any atom is 0.138 e. The molecule has 0 atom stereocenters. The Labute approximate surface area is 376 Å². The lowest BCUT2D eigenvalue weighted by Crippen LogP contribution is -2.14. The second kappa shape index (κ2) is 15.2. The van der Waals surface area contributed by atoms with Gasteiger partial charge >= 0.3 is 0 Å². The number of thiophene rings is 1. The van der Waals surface area contributed by atoms with Gasteiger partial charge in [0.2, 0.25) is 0 Å². The zero-order chi connectivity index (χ0) is 42.8. The first-order valence-electron chi connectivity index (χ1n) is 21.7. The first kappa shape index (κ1) is 37.8. The third kappa shape index (κ3) is 6.33. The Balaban J connectivity index is 0.960. The van der Waals surface area contributed by atoms with Gasteiger partial charge in [0.1, 0.15) is 5.82 Å². The predicted molar refractivity (Wildman–Crippen MR) is 266 cm³/mol. The van der Waals surface area contributed by atoms with Gasteiger partial charge in [-0.2, -0.15) is 0 Å². The van der Waals surface area contributed by atoms with E-state index in [1.54, 1.807) is 0 Å². The lowest BCUT2D eigenvalue weighted by atomic mass is 9.82. The first-order valence-corrected chi connectivity index (χ1v) is 22.5. The van der Waals surface area contributed by atoms with Crippen LogP contribution in [0.25, 0.3) is 82.0 Å². The Kier molecular flexibility index (Phi) is 8.95. The lowest BCUT2D eigenvalue weighted by Gasteiger charge is -2.25. The van der Waals surface area contributed by atoms with E-state index in [2.05, 4.69) is 191 Å². The molecule has 0 aliphatic heterocycles. The molecular formula is C58H41N5S. The highest BCUT2D eigenvalue weighted by Crippen LogP contribution is 2.51. The van der Waals surface area contributed by atoms with Crippen molar-refractivity contribution in [2.24, 2.45) is 0 Å². The average Bonchev–Trinajstić information content (AvgIpc) is 4.04. The predicted octanol–water partition coefficient (Wildman–Crippen LogP) is 15.5. The Bertz CT molecular complexity index is 3450. The zero-order valence-electron chi connectivity index (χ0n) is 35.4. The highest BCUT2D eigenvalue weighted by Gasteiger charge is 2.36. The summed E-state index contributed by atoms with van der Waals surface area (Å²) in [5.41, 5.74) is 17.1. The van der Waals surface area contributed by atoms with Gasteiger partial charge in [-0.1, -0.05) is 98.8 Å². The van der Waals surface area contributed by atoms with Crippen LogP contribution in [0.4, 0.5) is 17.2 Å². The smallest absolute Gasteiger partial charge is 0.138 e. The molecule has 12 rings (SSSR count). The molecule has 0 amide bonds. The number of anilines is 3. The van der Waals surface area contributed by atoms with Gasteiger partial charge in [0.25, 0.3) is 0 Å². The molecule has 0 saturated carbocycles. The molecule has 6 heteroatoms. The molecule has 1 aliphatic carbocycles. The molecule has 6 aromatic carbocycles. The van der Waals surface area contributed by atoms with Crippen LogP contribution in [0.3, 0.4) is 0 Å². The second-order valence-corrected chi connectivity index (χ2v) is 18.0. The molecule has 5 heterocycles. The average molecular weight is 840 g/mol.